The molecule has 0 saturated carbocycles. The Morgan fingerprint density at radius 2 is 2.11 bits per heavy atom. The van der Waals surface area contributed by atoms with E-state index in [1.165, 1.54) is 4.90 Å². The zero-order valence-corrected chi connectivity index (χ0v) is 17.3. The van der Waals surface area contributed by atoms with Gasteiger partial charge < -0.3 is 15.1 Å². The van der Waals surface area contributed by atoms with Crippen LogP contribution in [-0.2, 0) is 14.4 Å². The number of hydrogen-bond donors (Lipinski definition) is 1. The normalized spacial score (nSPS) is 16.2. The Balaban J connectivity index is 1.59. The van der Waals surface area contributed by atoms with Gasteiger partial charge in [-0.1, -0.05) is 22.0 Å². The molecule has 0 radical (unpaired) electrons. The molecule has 3 rings (SSSR count). The van der Waals surface area contributed by atoms with Crippen LogP contribution in [0.1, 0.15) is 12.0 Å². The van der Waals surface area contributed by atoms with Crippen molar-refractivity contribution in [2.24, 2.45) is 5.92 Å². The molecule has 1 aromatic heterocycles. The lowest BCUT2D eigenvalue weighted by atomic mass is 10.1. The number of nitrogens with zero attached hydrogens (tertiary/aromatic N) is 3. The third-order valence-electron chi connectivity index (χ3n) is 4.53. The summed E-state index contributed by atoms with van der Waals surface area (Å²) in [6, 6.07) is 11.0. The molecule has 1 N–H and O–H groups in total. The highest BCUT2D eigenvalue weighted by Crippen LogP contribution is 2.28. The molecular formula is C20H21BrN4O3. The minimum Gasteiger partial charge on any atom is -0.336 e. The number of anilines is 2. The van der Waals surface area contributed by atoms with E-state index in [0.717, 1.165) is 15.7 Å². The highest BCUT2D eigenvalue weighted by atomic mass is 79.9. The summed E-state index contributed by atoms with van der Waals surface area (Å²) in [5, 5.41) is 2.68. The van der Waals surface area contributed by atoms with Crippen LogP contribution in [0.2, 0.25) is 0 Å². The van der Waals surface area contributed by atoms with E-state index in [-0.39, 0.29) is 30.7 Å². The zero-order chi connectivity index (χ0) is 20.3. The zero-order valence-electron chi connectivity index (χ0n) is 15.7. The second-order valence-electron chi connectivity index (χ2n) is 6.85. The molecule has 28 heavy (non-hydrogen) atoms. The number of carbonyl (C=O) groups is 3. The van der Waals surface area contributed by atoms with E-state index in [0.29, 0.717) is 12.4 Å². The molecule has 1 saturated heterocycles. The smallest absolute Gasteiger partial charge is 0.245 e. The lowest BCUT2D eigenvalue weighted by Gasteiger charge is -2.21. The first-order valence-electron chi connectivity index (χ1n) is 8.87. The number of nitrogens with one attached hydrogen (secondary N) is 1. The minimum atomic E-state index is -0.471. The number of aromatic nitrogens is 1. The largest absolute Gasteiger partial charge is 0.336 e. The van der Waals surface area contributed by atoms with E-state index in [2.05, 4.69) is 26.2 Å². The van der Waals surface area contributed by atoms with Crippen LogP contribution in [0.25, 0.3) is 0 Å². The molecule has 1 aliphatic heterocycles. The minimum absolute atomic E-state index is 0.0988. The van der Waals surface area contributed by atoms with Crippen LogP contribution in [0.5, 0.6) is 0 Å². The van der Waals surface area contributed by atoms with Crippen LogP contribution in [0.4, 0.5) is 11.5 Å². The molecule has 3 amide bonds. The van der Waals surface area contributed by atoms with Gasteiger partial charge in [0.2, 0.25) is 17.7 Å². The molecule has 0 spiro atoms. The third-order valence-corrected chi connectivity index (χ3v) is 5.03. The Morgan fingerprint density at radius 1 is 1.32 bits per heavy atom. The van der Waals surface area contributed by atoms with Gasteiger partial charge in [-0.2, -0.15) is 0 Å². The summed E-state index contributed by atoms with van der Waals surface area (Å²) in [6.45, 7) is 2.11. The van der Waals surface area contributed by atoms with Crippen LogP contribution < -0.4 is 10.2 Å². The molecule has 2 heterocycles. The molecule has 7 nitrogen and oxygen atoms in total. The Bertz CT molecular complexity index is 918. The Kier molecular flexibility index (Phi) is 6.08. The maximum Gasteiger partial charge on any atom is 0.245 e. The summed E-state index contributed by atoms with van der Waals surface area (Å²) < 4.78 is 0.867. The monoisotopic (exact) mass is 444 g/mol. The highest BCUT2D eigenvalue weighted by Gasteiger charge is 2.36. The summed E-state index contributed by atoms with van der Waals surface area (Å²) >= 11 is 3.39. The standard InChI is InChI=1S/C20H21BrN4O3/c1-13-6-7-22-17(8-13)23-18(26)12-24(2)20(28)14-9-19(27)25(11-14)16-5-3-4-15(21)10-16/h3-8,10,14H,9,11-12H2,1-2H3,(H,22,23,26). The Labute approximate surface area is 171 Å². The predicted molar refractivity (Wildman–Crippen MR) is 110 cm³/mol. The lowest BCUT2D eigenvalue weighted by Crippen LogP contribution is -2.39. The topological polar surface area (TPSA) is 82.6 Å². The molecule has 1 aromatic carbocycles. The molecule has 1 unspecified atom stereocenters. The second-order valence-corrected chi connectivity index (χ2v) is 7.76. The van der Waals surface area contributed by atoms with E-state index in [1.807, 2.05) is 37.3 Å². The molecule has 1 aliphatic rings. The molecule has 8 heteroatoms. The van der Waals surface area contributed by atoms with Gasteiger partial charge in [0.25, 0.3) is 0 Å². The van der Waals surface area contributed by atoms with E-state index >= 15 is 0 Å². The number of halogens is 1. The Morgan fingerprint density at radius 3 is 2.82 bits per heavy atom. The molecule has 1 atom stereocenters. The van der Waals surface area contributed by atoms with Gasteiger partial charge in [0, 0.05) is 36.4 Å². The average molecular weight is 445 g/mol. The van der Waals surface area contributed by atoms with Gasteiger partial charge in [0.05, 0.1) is 12.5 Å². The van der Waals surface area contributed by atoms with Crippen LogP contribution in [-0.4, -0.2) is 47.7 Å². The number of carbonyl (C=O) groups excluding carboxylic acids is 3. The van der Waals surface area contributed by atoms with Gasteiger partial charge in [-0.05, 0) is 42.8 Å². The van der Waals surface area contributed by atoms with Gasteiger partial charge in [-0.15, -0.1) is 0 Å². The fraction of sp³-hybridized carbons (Fsp3) is 0.300. The fourth-order valence-electron chi connectivity index (χ4n) is 3.16. The Hall–Kier alpha value is -2.74. The van der Waals surface area contributed by atoms with E-state index in [9.17, 15) is 14.4 Å². The van der Waals surface area contributed by atoms with Crippen LogP contribution in [0.15, 0.2) is 47.1 Å². The summed E-state index contributed by atoms with van der Waals surface area (Å²) in [7, 11) is 1.57. The molecule has 0 bridgehead atoms. The third kappa shape index (κ3) is 4.75. The summed E-state index contributed by atoms with van der Waals surface area (Å²) in [5.41, 5.74) is 1.73. The van der Waals surface area contributed by atoms with Gasteiger partial charge in [0.15, 0.2) is 0 Å². The fourth-order valence-corrected chi connectivity index (χ4v) is 3.55. The first-order valence-corrected chi connectivity index (χ1v) is 9.66. The molecule has 146 valence electrons. The molecular weight excluding hydrogens is 424 g/mol. The van der Waals surface area contributed by atoms with Crippen molar-refractivity contribution in [3.05, 3.63) is 52.6 Å². The number of likely N-dealkylation sites (N-methyl/N-ethyl adjacent to an activating group) is 1. The molecule has 2 aromatic rings. The van der Waals surface area contributed by atoms with Crippen LogP contribution >= 0.6 is 15.9 Å². The van der Waals surface area contributed by atoms with Gasteiger partial charge in [0.1, 0.15) is 5.82 Å². The maximum absolute atomic E-state index is 12.7. The number of pyridine rings is 1. The van der Waals surface area contributed by atoms with E-state index in [4.69, 9.17) is 0 Å². The van der Waals surface area contributed by atoms with E-state index in [1.54, 1.807) is 24.2 Å². The molecule has 1 fully saturated rings. The van der Waals surface area contributed by atoms with Crippen molar-refractivity contribution < 1.29 is 14.4 Å². The lowest BCUT2D eigenvalue weighted by molar-refractivity contribution is -0.137. The van der Waals surface area contributed by atoms with Crippen molar-refractivity contribution in [3.8, 4) is 0 Å². The first kappa shape index (κ1) is 20.0. The van der Waals surface area contributed by atoms with Crippen molar-refractivity contribution in [2.45, 2.75) is 13.3 Å². The maximum atomic E-state index is 12.7. The van der Waals surface area contributed by atoms with Crippen LogP contribution in [0.3, 0.4) is 0 Å². The number of benzene rings is 1. The average Bonchev–Trinajstić information content (AvgIpc) is 3.02. The number of aryl methyl sites for hydroxylation is 1. The summed E-state index contributed by atoms with van der Waals surface area (Å²) in [6.07, 6.45) is 1.75. The van der Waals surface area contributed by atoms with Crippen molar-refractivity contribution >= 4 is 45.2 Å². The van der Waals surface area contributed by atoms with Gasteiger partial charge in [-0.25, -0.2) is 4.98 Å². The SMILES string of the molecule is Cc1ccnc(NC(=O)CN(C)C(=O)C2CC(=O)N(c3cccc(Br)c3)C2)c1. The first-order chi connectivity index (χ1) is 13.3. The van der Waals surface area contributed by atoms with Crippen molar-refractivity contribution in [3.63, 3.8) is 0 Å². The highest BCUT2D eigenvalue weighted by molar-refractivity contribution is 9.10. The summed E-state index contributed by atoms with van der Waals surface area (Å²) in [4.78, 5) is 44.3. The van der Waals surface area contributed by atoms with E-state index < -0.39 is 5.92 Å². The quantitative estimate of drug-likeness (QED) is 0.767. The van der Waals surface area contributed by atoms with Crippen LogP contribution in [0, 0.1) is 12.8 Å². The number of hydrogen-bond acceptors (Lipinski definition) is 4. The number of rotatable bonds is 5. The molecule has 0 aliphatic carbocycles. The summed E-state index contributed by atoms with van der Waals surface area (Å²) in [5.74, 6) is -0.678. The number of amides is 3. The van der Waals surface area contributed by atoms with Crippen molar-refractivity contribution in [2.75, 3.05) is 30.4 Å². The van der Waals surface area contributed by atoms with Crippen molar-refractivity contribution in [1.29, 1.82) is 0 Å². The predicted octanol–water partition coefficient (Wildman–Crippen LogP) is 2.60. The van der Waals surface area contributed by atoms with Gasteiger partial charge in [-0.3, -0.25) is 14.4 Å². The van der Waals surface area contributed by atoms with Crippen molar-refractivity contribution in [1.82, 2.24) is 9.88 Å². The second kappa shape index (κ2) is 8.52. The van der Waals surface area contributed by atoms with Gasteiger partial charge >= 0.3 is 0 Å².